The van der Waals surface area contributed by atoms with Gasteiger partial charge in [0.15, 0.2) is 17.2 Å². The molecule has 0 spiro atoms. The van der Waals surface area contributed by atoms with Gasteiger partial charge < -0.3 is 9.73 Å². The van der Waals surface area contributed by atoms with Crippen LogP contribution in [0.4, 0.5) is 14.5 Å². The van der Waals surface area contributed by atoms with Crippen molar-refractivity contribution in [1.82, 2.24) is 4.98 Å². The summed E-state index contributed by atoms with van der Waals surface area (Å²) >= 11 is 9.32. The highest BCUT2D eigenvalue weighted by molar-refractivity contribution is 9.10. The average Bonchev–Trinajstić information content (AvgIpc) is 3.08. The molecule has 4 rings (SSSR count). The zero-order chi connectivity index (χ0) is 19.8. The van der Waals surface area contributed by atoms with E-state index in [4.69, 9.17) is 16.0 Å². The molecule has 1 heterocycles. The van der Waals surface area contributed by atoms with E-state index in [2.05, 4.69) is 26.2 Å². The second-order valence-corrected chi connectivity index (χ2v) is 7.14. The quantitative estimate of drug-likeness (QED) is 0.356. The minimum Gasteiger partial charge on any atom is -0.436 e. The van der Waals surface area contributed by atoms with Crippen LogP contribution in [-0.2, 0) is 0 Å². The van der Waals surface area contributed by atoms with Crippen molar-refractivity contribution < 1.29 is 18.0 Å². The van der Waals surface area contributed by atoms with Crippen LogP contribution in [0.1, 0.15) is 10.4 Å². The molecule has 0 radical (unpaired) electrons. The van der Waals surface area contributed by atoms with Crippen LogP contribution in [0.3, 0.4) is 0 Å². The van der Waals surface area contributed by atoms with Crippen LogP contribution in [0.25, 0.3) is 22.6 Å². The van der Waals surface area contributed by atoms with E-state index in [-0.39, 0.29) is 22.4 Å². The molecule has 0 fully saturated rings. The number of carbonyl (C=O) groups is 1. The van der Waals surface area contributed by atoms with E-state index in [0.29, 0.717) is 26.8 Å². The van der Waals surface area contributed by atoms with Crippen molar-refractivity contribution in [3.8, 4) is 11.5 Å². The van der Waals surface area contributed by atoms with Crippen molar-refractivity contribution in [3.05, 3.63) is 81.3 Å². The van der Waals surface area contributed by atoms with Gasteiger partial charge in [-0.25, -0.2) is 13.8 Å². The van der Waals surface area contributed by atoms with Gasteiger partial charge >= 0.3 is 0 Å². The molecule has 0 aliphatic heterocycles. The molecule has 3 aromatic carbocycles. The number of aromatic nitrogens is 1. The molecule has 1 amide bonds. The lowest BCUT2D eigenvalue weighted by atomic mass is 10.2. The number of amides is 1. The number of rotatable bonds is 3. The van der Waals surface area contributed by atoms with Gasteiger partial charge in [0.05, 0.1) is 16.1 Å². The Morgan fingerprint density at radius 1 is 1.07 bits per heavy atom. The van der Waals surface area contributed by atoms with E-state index in [1.54, 1.807) is 36.4 Å². The van der Waals surface area contributed by atoms with Crippen LogP contribution in [0.5, 0.6) is 0 Å². The number of oxazole rings is 1. The fourth-order valence-electron chi connectivity index (χ4n) is 2.65. The van der Waals surface area contributed by atoms with Crippen molar-refractivity contribution in [2.45, 2.75) is 0 Å². The first kappa shape index (κ1) is 18.6. The molecule has 4 nitrogen and oxygen atoms in total. The number of hydrogen-bond acceptors (Lipinski definition) is 3. The van der Waals surface area contributed by atoms with Crippen LogP contribution in [0.2, 0.25) is 5.02 Å². The van der Waals surface area contributed by atoms with Gasteiger partial charge in [0.2, 0.25) is 5.89 Å². The molecular weight excluding hydrogens is 454 g/mol. The summed E-state index contributed by atoms with van der Waals surface area (Å²) in [6, 6.07) is 13.7. The Kier molecular flexibility index (Phi) is 4.87. The van der Waals surface area contributed by atoms with Crippen LogP contribution in [0, 0.1) is 11.6 Å². The first-order valence-corrected chi connectivity index (χ1v) is 9.21. The third-order valence-corrected chi connectivity index (χ3v) is 5.01. The van der Waals surface area contributed by atoms with Gasteiger partial charge in [0, 0.05) is 10.2 Å². The zero-order valence-corrected chi connectivity index (χ0v) is 16.3. The lowest BCUT2D eigenvalue weighted by Crippen LogP contribution is -2.12. The van der Waals surface area contributed by atoms with E-state index in [9.17, 15) is 13.6 Å². The summed E-state index contributed by atoms with van der Waals surface area (Å²) in [5.74, 6) is -2.35. The number of hydrogen-bond donors (Lipinski definition) is 1. The minimum atomic E-state index is -1.05. The van der Waals surface area contributed by atoms with E-state index in [1.807, 2.05) is 6.07 Å². The Labute approximate surface area is 171 Å². The molecule has 0 aliphatic rings. The van der Waals surface area contributed by atoms with Gasteiger partial charge in [0.1, 0.15) is 5.52 Å². The highest BCUT2D eigenvalue weighted by atomic mass is 79.9. The standard InChI is InChI=1S/C20H10BrClF2N2O2/c21-13-4-2-1-3-11(13)19(27)25-10-5-6-18-17(7-10)26-20(28-18)12-8-15(23)16(24)9-14(12)22/h1-9H,(H,25,27). The second kappa shape index (κ2) is 7.33. The van der Waals surface area contributed by atoms with Crippen LogP contribution < -0.4 is 5.32 Å². The normalized spacial score (nSPS) is 11.0. The minimum absolute atomic E-state index is 0.0205. The largest absolute Gasteiger partial charge is 0.436 e. The lowest BCUT2D eigenvalue weighted by Gasteiger charge is -2.06. The van der Waals surface area contributed by atoms with E-state index < -0.39 is 11.6 Å². The molecule has 0 atom stereocenters. The predicted molar refractivity (Wildman–Crippen MR) is 106 cm³/mol. The van der Waals surface area contributed by atoms with Crippen LogP contribution >= 0.6 is 27.5 Å². The second-order valence-electron chi connectivity index (χ2n) is 5.88. The van der Waals surface area contributed by atoms with Crippen molar-refractivity contribution in [2.75, 3.05) is 5.32 Å². The molecule has 1 N–H and O–H groups in total. The summed E-state index contributed by atoms with van der Waals surface area (Å²) in [4.78, 5) is 16.7. The Hall–Kier alpha value is -2.77. The van der Waals surface area contributed by atoms with Crippen molar-refractivity contribution in [2.24, 2.45) is 0 Å². The topological polar surface area (TPSA) is 55.1 Å². The Morgan fingerprint density at radius 3 is 2.61 bits per heavy atom. The summed E-state index contributed by atoms with van der Waals surface area (Å²) in [7, 11) is 0. The molecule has 0 aliphatic carbocycles. The molecule has 8 heteroatoms. The Bertz CT molecular complexity index is 1230. The van der Waals surface area contributed by atoms with Gasteiger partial charge in [-0.1, -0.05) is 23.7 Å². The number of fused-ring (bicyclic) bond motifs is 1. The number of nitrogens with one attached hydrogen (secondary N) is 1. The fraction of sp³-hybridized carbons (Fsp3) is 0. The van der Waals surface area contributed by atoms with Gasteiger partial charge in [-0.15, -0.1) is 0 Å². The summed E-state index contributed by atoms with van der Waals surface area (Å²) in [5.41, 5.74) is 1.97. The van der Waals surface area contributed by atoms with Gasteiger partial charge in [-0.2, -0.15) is 0 Å². The van der Waals surface area contributed by atoms with Gasteiger partial charge in [-0.05, 0) is 58.4 Å². The van der Waals surface area contributed by atoms with Crippen molar-refractivity contribution in [3.63, 3.8) is 0 Å². The number of carbonyl (C=O) groups excluding carboxylic acids is 1. The predicted octanol–water partition coefficient (Wildman–Crippen LogP) is 6.44. The van der Waals surface area contributed by atoms with Crippen LogP contribution in [0.15, 0.2) is 63.5 Å². The van der Waals surface area contributed by atoms with Crippen molar-refractivity contribution >= 4 is 50.2 Å². The highest BCUT2D eigenvalue weighted by Gasteiger charge is 2.16. The number of nitrogens with zero attached hydrogens (tertiary/aromatic N) is 1. The molecule has 1 aromatic heterocycles. The van der Waals surface area contributed by atoms with Crippen molar-refractivity contribution in [1.29, 1.82) is 0 Å². The third kappa shape index (κ3) is 3.50. The van der Waals surface area contributed by atoms with E-state index >= 15 is 0 Å². The molecule has 28 heavy (non-hydrogen) atoms. The maximum absolute atomic E-state index is 13.5. The molecule has 0 bridgehead atoms. The molecule has 140 valence electrons. The van der Waals surface area contributed by atoms with Gasteiger partial charge in [0.25, 0.3) is 5.91 Å². The summed E-state index contributed by atoms with van der Waals surface area (Å²) in [6.07, 6.45) is 0. The van der Waals surface area contributed by atoms with E-state index in [0.717, 1.165) is 12.1 Å². The maximum Gasteiger partial charge on any atom is 0.256 e. The first-order valence-electron chi connectivity index (χ1n) is 8.04. The SMILES string of the molecule is O=C(Nc1ccc2oc(-c3cc(F)c(F)cc3Cl)nc2c1)c1ccccc1Br. The smallest absolute Gasteiger partial charge is 0.256 e. The summed E-state index contributed by atoms with van der Waals surface area (Å²) in [5, 5.41) is 2.76. The lowest BCUT2D eigenvalue weighted by molar-refractivity contribution is 0.102. The zero-order valence-electron chi connectivity index (χ0n) is 14.0. The van der Waals surface area contributed by atoms with Gasteiger partial charge in [-0.3, -0.25) is 4.79 Å². The Balaban J connectivity index is 1.67. The Morgan fingerprint density at radius 2 is 1.82 bits per heavy atom. The summed E-state index contributed by atoms with van der Waals surface area (Å²) in [6.45, 7) is 0. The highest BCUT2D eigenvalue weighted by Crippen LogP contribution is 2.32. The maximum atomic E-state index is 13.5. The number of halogens is 4. The van der Waals surface area contributed by atoms with E-state index in [1.165, 1.54) is 0 Å². The molecule has 4 aromatic rings. The average molecular weight is 464 g/mol. The number of anilines is 1. The fourth-order valence-corrected chi connectivity index (χ4v) is 3.35. The molecule has 0 saturated heterocycles. The molecule has 0 saturated carbocycles. The molecular formula is C20H10BrClF2N2O2. The monoisotopic (exact) mass is 462 g/mol. The molecule has 0 unspecified atom stereocenters. The number of benzene rings is 3. The summed E-state index contributed by atoms with van der Waals surface area (Å²) < 4.78 is 33.1. The van der Waals surface area contributed by atoms with Crippen LogP contribution in [-0.4, -0.2) is 10.9 Å². The first-order chi connectivity index (χ1) is 13.4. The third-order valence-electron chi connectivity index (χ3n) is 4.00.